The molecule has 7 heteroatoms. The molecule has 0 saturated heterocycles. The summed E-state index contributed by atoms with van der Waals surface area (Å²) in [6, 6.07) is 0.254. The Balaban J connectivity index is 2.49. The molecule has 120 valence electrons. The molecule has 5 nitrogen and oxygen atoms in total. The van der Waals surface area contributed by atoms with Gasteiger partial charge in [-0.25, -0.2) is 14.8 Å². The van der Waals surface area contributed by atoms with Crippen molar-refractivity contribution in [1.82, 2.24) is 9.97 Å². The molecule has 0 aliphatic rings. The maximum atomic E-state index is 12.2. The molecular formula is C15H20ClN3O2S. The van der Waals surface area contributed by atoms with Gasteiger partial charge in [0.15, 0.2) is 0 Å². The number of carbonyl (C=O) groups is 1. The van der Waals surface area contributed by atoms with Crippen molar-refractivity contribution < 1.29 is 9.53 Å². The number of esters is 1. The SMILES string of the molecule is CCCOC(=O)c1sc2nc(Cl)nc(NC(C)CC)c2c1C. The minimum Gasteiger partial charge on any atom is -0.462 e. The van der Waals surface area contributed by atoms with Gasteiger partial charge in [-0.05, 0) is 43.9 Å². The zero-order valence-electron chi connectivity index (χ0n) is 13.2. The normalized spacial score (nSPS) is 12.4. The first-order valence-electron chi connectivity index (χ1n) is 7.38. The van der Waals surface area contributed by atoms with Gasteiger partial charge in [-0.2, -0.15) is 0 Å². The summed E-state index contributed by atoms with van der Waals surface area (Å²) in [5, 5.41) is 4.35. The first-order chi connectivity index (χ1) is 10.5. The van der Waals surface area contributed by atoms with Gasteiger partial charge in [0.25, 0.3) is 0 Å². The number of aryl methyl sites for hydroxylation is 1. The standard InChI is InChI=1S/C15H20ClN3O2S/c1-5-7-21-14(20)11-9(4)10-12(17-8(3)6-2)18-15(16)19-13(10)22-11/h8H,5-7H2,1-4H3,(H,17,18,19). The molecule has 0 fully saturated rings. The summed E-state index contributed by atoms with van der Waals surface area (Å²) in [4.78, 5) is 21.9. The lowest BCUT2D eigenvalue weighted by molar-refractivity contribution is 0.0510. The molecule has 0 aliphatic carbocycles. The fraction of sp³-hybridized carbons (Fsp3) is 0.533. The summed E-state index contributed by atoms with van der Waals surface area (Å²) in [7, 11) is 0. The number of hydrogen-bond acceptors (Lipinski definition) is 6. The van der Waals surface area contributed by atoms with Crippen molar-refractivity contribution in [2.45, 2.75) is 46.6 Å². The van der Waals surface area contributed by atoms with Crippen LogP contribution in [0.5, 0.6) is 0 Å². The van der Waals surface area contributed by atoms with Gasteiger partial charge >= 0.3 is 5.97 Å². The molecule has 0 spiro atoms. The number of hydrogen-bond donors (Lipinski definition) is 1. The van der Waals surface area contributed by atoms with E-state index in [2.05, 4.69) is 29.1 Å². The van der Waals surface area contributed by atoms with Crippen LogP contribution >= 0.6 is 22.9 Å². The van der Waals surface area contributed by atoms with Crippen LogP contribution in [0.3, 0.4) is 0 Å². The number of aromatic nitrogens is 2. The second-order valence-corrected chi connectivity index (χ2v) is 6.50. The van der Waals surface area contributed by atoms with Crippen LogP contribution in [-0.4, -0.2) is 28.6 Å². The zero-order valence-corrected chi connectivity index (χ0v) is 14.8. The Morgan fingerprint density at radius 3 is 2.77 bits per heavy atom. The van der Waals surface area contributed by atoms with Gasteiger partial charge in [-0.3, -0.25) is 0 Å². The highest BCUT2D eigenvalue weighted by Crippen LogP contribution is 2.35. The highest BCUT2D eigenvalue weighted by atomic mass is 35.5. The van der Waals surface area contributed by atoms with Crippen LogP contribution in [0.4, 0.5) is 5.82 Å². The van der Waals surface area contributed by atoms with Crippen LogP contribution in [-0.2, 0) is 4.74 Å². The van der Waals surface area contributed by atoms with Crippen molar-refractivity contribution >= 4 is 44.9 Å². The van der Waals surface area contributed by atoms with Crippen LogP contribution in [0.15, 0.2) is 0 Å². The Morgan fingerprint density at radius 1 is 1.41 bits per heavy atom. The number of rotatable bonds is 6. The Kier molecular flexibility index (Phi) is 5.58. The van der Waals surface area contributed by atoms with Crippen molar-refractivity contribution in [3.05, 3.63) is 15.7 Å². The van der Waals surface area contributed by atoms with E-state index in [1.807, 2.05) is 13.8 Å². The van der Waals surface area contributed by atoms with Gasteiger partial charge in [-0.1, -0.05) is 13.8 Å². The van der Waals surface area contributed by atoms with E-state index in [9.17, 15) is 4.79 Å². The summed E-state index contributed by atoms with van der Waals surface area (Å²) in [6.07, 6.45) is 1.75. The molecule has 0 aromatic carbocycles. The lowest BCUT2D eigenvalue weighted by atomic mass is 10.2. The summed E-state index contributed by atoms with van der Waals surface area (Å²) < 4.78 is 5.23. The monoisotopic (exact) mass is 341 g/mol. The topological polar surface area (TPSA) is 64.1 Å². The zero-order chi connectivity index (χ0) is 16.3. The van der Waals surface area contributed by atoms with Gasteiger partial charge in [0, 0.05) is 6.04 Å². The highest BCUT2D eigenvalue weighted by molar-refractivity contribution is 7.20. The number of fused-ring (bicyclic) bond motifs is 1. The van der Waals surface area contributed by atoms with Crippen molar-refractivity contribution in [1.29, 1.82) is 0 Å². The van der Waals surface area contributed by atoms with E-state index in [4.69, 9.17) is 16.3 Å². The average Bonchev–Trinajstić information content (AvgIpc) is 2.81. The van der Waals surface area contributed by atoms with Crippen LogP contribution in [0.1, 0.15) is 48.8 Å². The number of thiophene rings is 1. The molecule has 2 aromatic heterocycles. The van der Waals surface area contributed by atoms with Gasteiger partial charge in [-0.15, -0.1) is 11.3 Å². The van der Waals surface area contributed by atoms with Gasteiger partial charge in [0.05, 0.1) is 12.0 Å². The van der Waals surface area contributed by atoms with Crippen molar-refractivity contribution in [3.8, 4) is 0 Å². The Morgan fingerprint density at radius 2 is 2.14 bits per heavy atom. The maximum absolute atomic E-state index is 12.2. The second kappa shape index (κ2) is 7.24. The lowest BCUT2D eigenvalue weighted by Gasteiger charge is -2.13. The molecule has 0 aliphatic heterocycles. The van der Waals surface area contributed by atoms with E-state index in [-0.39, 0.29) is 17.3 Å². The third-order valence-electron chi connectivity index (χ3n) is 3.38. The van der Waals surface area contributed by atoms with Crippen LogP contribution in [0.2, 0.25) is 5.28 Å². The largest absolute Gasteiger partial charge is 0.462 e. The predicted molar refractivity (Wildman–Crippen MR) is 91.1 cm³/mol. The molecule has 22 heavy (non-hydrogen) atoms. The van der Waals surface area contributed by atoms with Crippen molar-refractivity contribution in [2.24, 2.45) is 0 Å². The number of nitrogens with zero attached hydrogens (tertiary/aromatic N) is 2. The number of nitrogens with one attached hydrogen (secondary N) is 1. The van der Waals surface area contributed by atoms with Gasteiger partial charge < -0.3 is 10.1 Å². The first-order valence-corrected chi connectivity index (χ1v) is 8.57. The molecular weight excluding hydrogens is 322 g/mol. The lowest BCUT2D eigenvalue weighted by Crippen LogP contribution is -2.15. The summed E-state index contributed by atoms with van der Waals surface area (Å²) in [6.45, 7) is 8.42. The average molecular weight is 342 g/mol. The second-order valence-electron chi connectivity index (χ2n) is 5.17. The summed E-state index contributed by atoms with van der Waals surface area (Å²) >= 11 is 7.30. The molecule has 0 bridgehead atoms. The predicted octanol–water partition coefficient (Wildman–Crippen LogP) is 4.43. The number of carbonyl (C=O) groups excluding carboxylic acids is 1. The number of ether oxygens (including phenoxy) is 1. The van der Waals surface area contributed by atoms with Crippen LogP contribution < -0.4 is 5.32 Å². The van der Waals surface area contributed by atoms with E-state index in [1.54, 1.807) is 0 Å². The fourth-order valence-corrected chi connectivity index (χ4v) is 3.30. The molecule has 1 N–H and O–H groups in total. The van der Waals surface area contributed by atoms with Crippen LogP contribution in [0, 0.1) is 6.92 Å². The van der Waals surface area contributed by atoms with Crippen LogP contribution in [0.25, 0.3) is 10.2 Å². The first kappa shape index (κ1) is 17.0. The molecule has 2 heterocycles. The Hall–Kier alpha value is -1.40. The Labute approximate surface area is 139 Å². The number of anilines is 1. The quantitative estimate of drug-likeness (QED) is 0.622. The maximum Gasteiger partial charge on any atom is 0.348 e. The fourth-order valence-electron chi connectivity index (χ4n) is 2.01. The third-order valence-corrected chi connectivity index (χ3v) is 4.72. The third kappa shape index (κ3) is 3.50. The highest BCUT2D eigenvalue weighted by Gasteiger charge is 2.21. The van der Waals surface area contributed by atoms with E-state index >= 15 is 0 Å². The smallest absolute Gasteiger partial charge is 0.348 e. The molecule has 1 unspecified atom stereocenters. The molecule has 2 aromatic rings. The van der Waals surface area contributed by atoms with E-state index in [0.717, 1.165) is 23.8 Å². The number of halogens is 1. The van der Waals surface area contributed by atoms with Crippen molar-refractivity contribution in [3.63, 3.8) is 0 Å². The molecule has 2 rings (SSSR count). The summed E-state index contributed by atoms with van der Waals surface area (Å²) in [5.74, 6) is 0.362. The molecule has 0 saturated carbocycles. The van der Waals surface area contributed by atoms with Gasteiger partial charge in [0.1, 0.15) is 15.5 Å². The molecule has 0 radical (unpaired) electrons. The van der Waals surface area contributed by atoms with E-state index in [1.165, 1.54) is 11.3 Å². The van der Waals surface area contributed by atoms with Crippen molar-refractivity contribution in [2.75, 3.05) is 11.9 Å². The van der Waals surface area contributed by atoms with Gasteiger partial charge in [0.2, 0.25) is 5.28 Å². The van der Waals surface area contributed by atoms with E-state index in [0.29, 0.717) is 22.1 Å². The Bertz CT molecular complexity index is 687. The minimum atomic E-state index is -0.312. The minimum absolute atomic E-state index is 0.174. The molecule has 1 atom stereocenters. The van der Waals surface area contributed by atoms with E-state index < -0.39 is 0 Å². The summed E-state index contributed by atoms with van der Waals surface area (Å²) in [5.41, 5.74) is 0.837. The molecule has 0 amide bonds.